The standard InChI is InChI=1S/C34H38N6O6S/c1-22-9-10-23(15-29(22)47(5,43)44)31(41)36-18-25-16-28-24(17-35-25)11-12-27(37-28)26-7-6-8-30(38-26)39-19-34(20-39)21-45-14-13-40(34)32(42)46-33(2,3)4/h6-12,15-17H,13-14,18-21H2,1-5H3,(H,36,41). The molecule has 0 radical (unpaired) electrons. The van der Waals surface area contributed by atoms with Crippen LogP contribution in [0.5, 0.6) is 0 Å². The van der Waals surface area contributed by atoms with E-state index in [-0.39, 0.29) is 23.1 Å². The number of nitrogens with zero attached hydrogens (tertiary/aromatic N) is 5. The third-order valence-electron chi connectivity index (χ3n) is 8.22. The average Bonchev–Trinajstić information content (AvgIpc) is 3.01. The quantitative estimate of drug-likeness (QED) is 0.321. The molecule has 47 heavy (non-hydrogen) atoms. The van der Waals surface area contributed by atoms with Crippen LogP contribution >= 0.6 is 0 Å². The third-order valence-corrected chi connectivity index (χ3v) is 9.46. The average molecular weight is 659 g/mol. The van der Waals surface area contributed by atoms with E-state index in [2.05, 4.69) is 15.2 Å². The maximum Gasteiger partial charge on any atom is 0.411 e. The molecule has 6 rings (SSSR count). The van der Waals surface area contributed by atoms with E-state index in [9.17, 15) is 18.0 Å². The zero-order valence-electron chi connectivity index (χ0n) is 27.1. The number of carbonyl (C=O) groups excluding carboxylic acids is 2. The fraction of sp³-hybridized carbons (Fsp3) is 0.382. The van der Waals surface area contributed by atoms with E-state index in [1.54, 1.807) is 30.2 Å². The molecule has 2 aliphatic heterocycles. The summed E-state index contributed by atoms with van der Waals surface area (Å²) in [7, 11) is -3.46. The lowest BCUT2D eigenvalue weighted by Gasteiger charge is -2.57. The third kappa shape index (κ3) is 6.91. The van der Waals surface area contributed by atoms with Gasteiger partial charge in [-0.15, -0.1) is 0 Å². The Bertz CT molecular complexity index is 1970. The number of nitrogens with one attached hydrogen (secondary N) is 1. The molecule has 4 aromatic rings. The van der Waals surface area contributed by atoms with Crippen LogP contribution in [0, 0.1) is 6.92 Å². The van der Waals surface area contributed by atoms with Crippen LogP contribution < -0.4 is 10.2 Å². The molecule has 2 fully saturated rings. The lowest BCUT2D eigenvalue weighted by molar-refractivity contribution is -0.0853. The molecule has 0 aliphatic carbocycles. The van der Waals surface area contributed by atoms with Crippen LogP contribution in [0.1, 0.15) is 42.4 Å². The van der Waals surface area contributed by atoms with Crippen LogP contribution in [0.25, 0.3) is 22.3 Å². The molecule has 13 heteroatoms. The minimum atomic E-state index is -3.46. The molecule has 2 aliphatic rings. The van der Waals surface area contributed by atoms with Crippen LogP contribution in [0.2, 0.25) is 0 Å². The first-order valence-corrected chi connectivity index (χ1v) is 17.3. The summed E-state index contributed by atoms with van der Waals surface area (Å²) in [6.45, 7) is 9.97. The first-order chi connectivity index (χ1) is 22.2. The largest absolute Gasteiger partial charge is 0.444 e. The number of hydrogen-bond acceptors (Lipinski definition) is 10. The van der Waals surface area contributed by atoms with Crippen LogP contribution in [-0.4, -0.2) is 90.5 Å². The molecule has 1 spiro atoms. The number of fused-ring (bicyclic) bond motifs is 1. The Kier molecular flexibility index (Phi) is 8.39. The van der Waals surface area contributed by atoms with Gasteiger partial charge in [0, 0.05) is 43.0 Å². The zero-order chi connectivity index (χ0) is 33.6. The zero-order valence-corrected chi connectivity index (χ0v) is 27.9. The van der Waals surface area contributed by atoms with E-state index in [4.69, 9.17) is 19.4 Å². The molecule has 12 nitrogen and oxygen atoms in total. The van der Waals surface area contributed by atoms with Gasteiger partial charge >= 0.3 is 6.09 Å². The minimum Gasteiger partial charge on any atom is -0.444 e. The number of rotatable bonds is 6. The summed E-state index contributed by atoms with van der Waals surface area (Å²) in [5, 5.41) is 3.65. The number of carbonyl (C=O) groups is 2. The van der Waals surface area contributed by atoms with Gasteiger partial charge in [0.25, 0.3) is 5.91 Å². The number of amides is 2. The number of aryl methyl sites for hydroxylation is 1. The van der Waals surface area contributed by atoms with Crippen molar-refractivity contribution in [1.82, 2.24) is 25.2 Å². The Labute approximate surface area is 274 Å². The van der Waals surface area contributed by atoms with E-state index in [0.29, 0.717) is 61.0 Å². The Hall–Kier alpha value is -4.62. The van der Waals surface area contributed by atoms with Gasteiger partial charge in [0.15, 0.2) is 9.84 Å². The fourth-order valence-corrected chi connectivity index (χ4v) is 6.87. The summed E-state index contributed by atoms with van der Waals surface area (Å²) in [6, 6.07) is 16.0. The number of hydrogen-bond donors (Lipinski definition) is 1. The molecule has 246 valence electrons. The molecule has 2 amide bonds. The van der Waals surface area contributed by atoms with E-state index in [0.717, 1.165) is 17.5 Å². The van der Waals surface area contributed by atoms with E-state index in [1.165, 1.54) is 6.07 Å². The summed E-state index contributed by atoms with van der Waals surface area (Å²) in [4.78, 5) is 44.1. The maximum absolute atomic E-state index is 13.0. The Morgan fingerprint density at radius 1 is 1.04 bits per heavy atom. The number of aromatic nitrogens is 3. The molecular formula is C34H38N6O6S. The molecule has 1 aromatic carbocycles. The van der Waals surface area contributed by atoms with Crippen molar-refractivity contribution in [3.8, 4) is 11.4 Å². The number of ether oxygens (including phenoxy) is 2. The predicted molar refractivity (Wildman–Crippen MR) is 177 cm³/mol. The predicted octanol–water partition coefficient (Wildman–Crippen LogP) is 4.16. The Morgan fingerprint density at radius 2 is 1.81 bits per heavy atom. The second kappa shape index (κ2) is 12.2. The van der Waals surface area contributed by atoms with Gasteiger partial charge in [-0.2, -0.15) is 0 Å². The second-order valence-electron chi connectivity index (χ2n) is 13.1. The smallest absolute Gasteiger partial charge is 0.411 e. The Morgan fingerprint density at radius 3 is 2.55 bits per heavy atom. The highest BCUT2D eigenvalue weighted by Gasteiger charge is 2.53. The number of anilines is 1. The molecule has 0 bridgehead atoms. The number of morpholine rings is 1. The highest BCUT2D eigenvalue weighted by atomic mass is 32.2. The van der Waals surface area contributed by atoms with Crippen molar-refractivity contribution in [1.29, 1.82) is 0 Å². The summed E-state index contributed by atoms with van der Waals surface area (Å²) in [6.07, 6.45) is 2.50. The highest BCUT2D eigenvalue weighted by Crippen LogP contribution is 2.35. The van der Waals surface area contributed by atoms with Crippen molar-refractivity contribution >= 4 is 38.6 Å². The van der Waals surface area contributed by atoms with Crippen molar-refractivity contribution < 1.29 is 27.5 Å². The van der Waals surface area contributed by atoms with E-state index in [1.807, 2.05) is 57.2 Å². The Balaban J connectivity index is 1.15. The fourth-order valence-electron chi connectivity index (χ4n) is 5.88. The van der Waals surface area contributed by atoms with Crippen LogP contribution in [0.15, 0.2) is 65.7 Å². The number of pyridine rings is 3. The molecule has 2 saturated heterocycles. The van der Waals surface area contributed by atoms with Gasteiger partial charge in [0.05, 0.1) is 47.3 Å². The summed E-state index contributed by atoms with van der Waals surface area (Å²) >= 11 is 0. The topological polar surface area (TPSA) is 144 Å². The lowest BCUT2D eigenvalue weighted by atomic mass is 9.87. The van der Waals surface area contributed by atoms with Crippen molar-refractivity contribution in [3.63, 3.8) is 0 Å². The van der Waals surface area contributed by atoms with E-state index >= 15 is 0 Å². The first kappa shape index (κ1) is 32.3. The SMILES string of the molecule is Cc1ccc(C(=O)NCc2cc3nc(-c4cccc(N5CC6(COCCN6C(=O)OC(C)(C)C)C5)n4)ccc3cn2)cc1S(C)(=O)=O. The van der Waals surface area contributed by atoms with Gasteiger partial charge in [0.2, 0.25) is 0 Å². The number of benzene rings is 1. The van der Waals surface area contributed by atoms with Gasteiger partial charge in [-0.1, -0.05) is 12.1 Å². The second-order valence-corrected chi connectivity index (χ2v) is 15.1. The van der Waals surface area contributed by atoms with Crippen LogP contribution in [0.3, 0.4) is 0 Å². The van der Waals surface area contributed by atoms with Gasteiger partial charge in [0.1, 0.15) is 17.0 Å². The minimum absolute atomic E-state index is 0.128. The molecule has 0 saturated carbocycles. The van der Waals surface area contributed by atoms with Gasteiger partial charge in [-0.3, -0.25) is 14.7 Å². The maximum atomic E-state index is 13.0. The van der Waals surface area contributed by atoms with Gasteiger partial charge < -0.3 is 19.7 Å². The van der Waals surface area contributed by atoms with Crippen molar-refractivity contribution in [2.75, 3.05) is 44.0 Å². The number of sulfone groups is 1. The summed E-state index contributed by atoms with van der Waals surface area (Å²) in [5.74, 6) is 0.374. The van der Waals surface area contributed by atoms with E-state index < -0.39 is 26.9 Å². The first-order valence-electron chi connectivity index (χ1n) is 15.4. The normalized spacial score (nSPS) is 16.2. The summed E-state index contributed by atoms with van der Waals surface area (Å²) < 4.78 is 35.6. The molecular weight excluding hydrogens is 620 g/mol. The van der Waals surface area contributed by atoms with Crippen molar-refractivity contribution in [3.05, 3.63) is 77.6 Å². The molecule has 5 heterocycles. The summed E-state index contributed by atoms with van der Waals surface area (Å²) in [5.41, 5.74) is 2.46. The van der Waals surface area contributed by atoms with Crippen molar-refractivity contribution in [2.24, 2.45) is 0 Å². The van der Waals surface area contributed by atoms with Crippen LogP contribution in [0.4, 0.5) is 10.6 Å². The molecule has 0 unspecified atom stereocenters. The van der Waals surface area contributed by atoms with Crippen molar-refractivity contribution in [2.45, 2.75) is 50.3 Å². The molecule has 0 atom stereocenters. The monoisotopic (exact) mass is 658 g/mol. The lowest BCUT2D eigenvalue weighted by Crippen LogP contribution is -2.76. The van der Waals surface area contributed by atoms with Gasteiger partial charge in [-0.25, -0.2) is 23.2 Å². The molecule has 3 aromatic heterocycles. The van der Waals surface area contributed by atoms with Crippen LogP contribution in [-0.2, 0) is 25.9 Å². The molecule has 1 N–H and O–H groups in total. The van der Waals surface area contributed by atoms with Gasteiger partial charge in [-0.05, 0) is 75.7 Å². The highest BCUT2D eigenvalue weighted by molar-refractivity contribution is 7.90.